The minimum absolute atomic E-state index is 0.113. The average molecular weight is 762 g/mol. The molecule has 2 heterocycles. The van der Waals surface area contributed by atoms with Crippen molar-refractivity contribution in [3.05, 3.63) is 224 Å². The third-order valence-electron chi connectivity index (χ3n) is 10.8. The Morgan fingerprint density at radius 1 is 0.339 bits per heavy atom. The van der Waals surface area contributed by atoms with Crippen LogP contribution in [0, 0.1) is 0 Å². The summed E-state index contributed by atoms with van der Waals surface area (Å²) in [6, 6.07) is 50.2. The first-order valence-electron chi connectivity index (χ1n) is 24.2. The molecule has 11 aromatic rings. The predicted molar refractivity (Wildman–Crippen MR) is 246 cm³/mol. The Hall–Kier alpha value is -7.88. The zero-order chi connectivity index (χ0) is 47.8. The summed E-state index contributed by atoms with van der Waals surface area (Å²) < 4.78 is 85.5. The fourth-order valence-corrected chi connectivity index (χ4v) is 8.02. The summed E-state index contributed by atoms with van der Waals surface area (Å²) in [4.78, 5) is 10.1. The minimum atomic E-state index is -0.431. The van der Waals surface area contributed by atoms with E-state index >= 15 is 0 Å². The molecular formula is C56H37N3. The molecule has 2 aromatic heterocycles. The predicted octanol–water partition coefficient (Wildman–Crippen LogP) is 14.7. The Morgan fingerprint density at radius 3 is 1.63 bits per heavy atom. The summed E-state index contributed by atoms with van der Waals surface area (Å²) in [6.45, 7) is 0. The highest BCUT2D eigenvalue weighted by Gasteiger charge is 2.16. The maximum Gasteiger partial charge on any atom is 0.160 e. The molecule has 0 radical (unpaired) electrons. The molecule has 0 atom stereocenters. The summed E-state index contributed by atoms with van der Waals surface area (Å²) in [5.74, 6) is 0.540. The lowest BCUT2D eigenvalue weighted by atomic mass is 9.92. The summed E-state index contributed by atoms with van der Waals surface area (Å²) in [5.41, 5.74) is 10.2. The van der Waals surface area contributed by atoms with E-state index in [1.807, 2.05) is 97.1 Å². The summed E-state index contributed by atoms with van der Waals surface area (Å²) in [7, 11) is 0. The molecule has 0 amide bonds. The Balaban J connectivity index is 0.970. The molecule has 0 saturated heterocycles. The van der Waals surface area contributed by atoms with E-state index in [0.717, 1.165) is 77.2 Å². The molecule has 9 aromatic carbocycles. The molecule has 0 aliphatic rings. The molecule has 276 valence electrons. The molecule has 0 unspecified atom stereocenters. The van der Waals surface area contributed by atoms with Gasteiger partial charge in [-0.25, -0.2) is 9.97 Å². The molecule has 0 aliphatic heterocycles. The van der Waals surface area contributed by atoms with E-state index in [1.54, 1.807) is 16.7 Å². The molecule has 59 heavy (non-hydrogen) atoms. The number of hydrogen-bond donors (Lipinski definition) is 0. The number of rotatable bonds is 7. The highest BCUT2D eigenvalue weighted by atomic mass is 15.0. The van der Waals surface area contributed by atoms with Gasteiger partial charge in [-0.05, 0) is 80.5 Å². The smallest absolute Gasteiger partial charge is 0.160 e. The van der Waals surface area contributed by atoms with Crippen molar-refractivity contribution in [2.24, 2.45) is 0 Å². The van der Waals surface area contributed by atoms with E-state index in [2.05, 4.69) is 54.6 Å². The van der Waals surface area contributed by atoms with E-state index in [-0.39, 0.29) is 59.6 Å². The van der Waals surface area contributed by atoms with Crippen LogP contribution in [0.25, 0.3) is 106 Å². The number of nitrogens with zero attached hydrogens (tertiary/aromatic N) is 3. The zero-order valence-electron chi connectivity index (χ0n) is 41.4. The molecule has 11 rings (SSSR count). The Kier molecular flexibility index (Phi) is 6.27. The molecule has 3 heteroatoms. The highest BCUT2D eigenvalue weighted by molar-refractivity contribution is 6.10. The van der Waals surface area contributed by atoms with Gasteiger partial charge in [-0.15, -0.1) is 0 Å². The van der Waals surface area contributed by atoms with E-state index in [0.29, 0.717) is 17.1 Å². The van der Waals surface area contributed by atoms with E-state index < -0.39 is 12.1 Å². The standard InChI is InChI=1S/C56H37N3/c1-4-14-38(15-5-1)39-26-30-42(31-27-39)52-37-53(58-56(57-52)43-16-6-2-7-17-43)49-34-33-46(47-20-10-11-21-48(47)49)41-28-24-40(25-29-41)44-32-35-55-51(36-44)50-22-12-13-23-54(50)59(55)45-18-8-3-9-19-45/h1-37H/i1D,3D,4D,5D,8D,9D,14D,15D,18D,19D. The lowest BCUT2D eigenvalue weighted by Gasteiger charge is -2.14. The summed E-state index contributed by atoms with van der Waals surface area (Å²) in [6.07, 6.45) is 0. The third-order valence-corrected chi connectivity index (χ3v) is 10.8. The van der Waals surface area contributed by atoms with Gasteiger partial charge in [0.1, 0.15) is 0 Å². The molecule has 0 aliphatic carbocycles. The first-order chi connectivity index (χ1) is 33.4. The van der Waals surface area contributed by atoms with Crippen molar-refractivity contribution in [2.45, 2.75) is 0 Å². The number of benzene rings is 9. The van der Waals surface area contributed by atoms with E-state index in [1.165, 1.54) is 0 Å². The van der Waals surface area contributed by atoms with Crippen molar-refractivity contribution >= 4 is 32.6 Å². The van der Waals surface area contributed by atoms with Gasteiger partial charge in [0.2, 0.25) is 0 Å². The number of hydrogen-bond acceptors (Lipinski definition) is 2. The molecular weight excluding hydrogens is 715 g/mol. The van der Waals surface area contributed by atoms with Crippen molar-refractivity contribution in [1.29, 1.82) is 0 Å². The molecule has 0 spiro atoms. The molecule has 0 N–H and O–H groups in total. The molecule has 0 saturated carbocycles. The summed E-state index contributed by atoms with van der Waals surface area (Å²) in [5, 5.41) is 3.84. The van der Waals surface area contributed by atoms with Crippen molar-refractivity contribution in [1.82, 2.24) is 14.5 Å². The monoisotopic (exact) mass is 761 g/mol. The Labute approximate surface area is 357 Å². The van der Waals surface area contributed by atoms with Crippen LogP contribution >= 0.6 is 0 Å². The third kappa shape index (κ3) is 6.26. The van der Waals surface area contributed by atoms with Crippen LogP contribution in [0.1, 0.15) is 13.7 Å². The number of para-hydroxylation sites is 2. The normalized spacial score (nSPS) is 13.8. The molecule has 0 fully saturated rings. The zero-order valence-corrected chi connectivity index (χ0v) is 31.4. The second kappa shape index (κ2) is 14.6. The van der Waals surface area contributed by atoms with Gasteiger partial charge in [-0.3, -0.25) is 0 Å². The van der Waals surface area contributed by atoms with Crippen LogP contribution in [0.4, 0.5) is 0 Å². The van der Waals surface area contributed by atoms with Crippen molar-refractivity contribution < 1.29 is 13.7 Å². The largest absolute Gasteiger partial charge is 0.309 e. The van der Waals surface area contributed by atoms with Gasteiger partial charge in [-0.1, -0.05) is 188 Å². The van der Waals surface area contributed by atoms with Crippen molar-refractivity contribution in [3.63, 3.8) is 0 Å². The Morgan fingerprint density at radius 2 is 0.881 bits per heavy atom. The fourth-order valence-electron chi connectivity index (χ4n) is 8.02. The maximum atomic E-state index is 8.75. The molecule has 0 bridgehead atoms. The van der Waals surface area contributed by atoms with Crippen LogP contribution in [-0.4, -0.2) is 14.5 Å². The first-order valence-corrected chi connectivity index (χ1v) is 19.2. The van der Waals surface area contributed by atoms with Gasteiger partial charge < -0.3 is 4.57 Å². The van der Waals surface area contributed by atoms with Gasteiger partial charge in [0, 0.05) is 33.2 Å². The first kappa shape index (κ1) is 25.4. The van der Waals surface area contributed by atoms with Crippen LogP contribution in [0.5, 0.6) is 0 Å². The van der Waals surface area contributed by atoms with Crippen LogP contribution < -0.4 is 0 Å². The highest BCUT2D eigenvalue weighted by Crippen LogP contribution is 2.39. The van der Waals surface area contributed by atoms with Gasteiger partial charge in [-0.2, -0.15) is 0 Å². The second-order valence-corrected chi connectivity index (χ2v) is 14.2. The fraction of sp³-hybridized carbons (Fsp3) is 0. The lowest BCUT2D eigenvalue weighted by Crippen LogP contribution is -1.96. The van der Waals surface area contributed by atoms with Gasteiger partial charge in [0.25, 0.3) is 0 Å². The van der Waals surface area contributed by atoms with Gasteiger partial charge in [0.15, 0.2) is 5.82 Å². The van der Waals surface area contributed by atoms with E-state index in [9.17, 15) is 0 Å². The van der Waals surface area contributed by atoms with Crippen LogP contribution in [0.3, 0.4) is 0 Å². The number of fused-ring (bicyclic) bond motifs is 4. The van der Waals surface area contributed by atoms with Crippen molar-refractivity contribution in [3.8, 4) is 73.0 Å². The second-order valence-electron chi connectivity index (χ2n) is 14.2. The van der Waals surface area contributed by atoms with E-state index in [4.69, 9.17) is 23.7 Å². The summed E-state index contributed by atoms with van der Waals surface area (Å²) >= 11 is 0. The quantitative estimate of drug-likeness (QED) is 0.162. The SMILES string of the molecule is [2H]c1c([2H])c([2H])c(-c2ccc(-c3cc(-c4ccc(-c5ccc(-c6ccc7c(c6)c6ccccc6n7-c6c([2H])c([2H])c([2H])c([2H])c6[2H])cc5)c5ccccc45)nc(-c4ccccc4)n3)cc2)c([2H])c1[2H]. The maximum absolute atomic E-state index is 8.75. The van der Waals surface area contributed by atoms with Crippen LogP contribution in [0.2, 0.25) is 0 Å². The topological polar surface area (TPSA) is 30.7 Å². The Bertz CT molecular complexity index is 3830. The van der Waals surface area contributed by atoms with Crippen molar-refractivity contribution in [2.75, 3.05) is 0 Å². The lowest BCUT2D eigenvalue weighted by molar-refractivity contribution is 1.18. The average Bonchev–Trinajstić information content (AvgIpc) is 3.71. The van der Waals surface area contributed by atoms with Gasteiger partial charge in [0.05, 0.1) is 36.1 Å². The number of aromatic nitrogens is 3. The van der Waals surface area contributed by atoms with Crippen LogP contribution in [-0.2, 0) is 0 Å². The minimum Gasteiger partial charge on any atom is -0.309 e. The van der Waals surface area contributed by atoms with Crippen LogP contribution in [0.15, 0.2) is 224 Å². The van der Waals surface area contributed by atoms with Gasteiger partial charge >= 0.3 is 0 Å². The molecule has 3 nitrogen and oxygen atoms in total.